The van der Waals surface area contributed by atoms with E-state index >= 15 is 0 Å². The molecule has 1 aliphatic heterocycles. The van der Waals surface area contributed by atoms with Crippen LogP contribution in [-0.2, 0) is 10.0 Å². The highest BCUT2D eigenvalue weighted by atomic mass is 35.5. The number of sulfonamides is 1. The maximum atomic E-state index is 12.7. The highest BCUT2D eigenvalue weighted by molar-refractivity contribution is 7.89. The van der Waals surface area contributed by atoms with Crippen LogP contribution in [0.5, 0.6) is 5.75 Å². The van der Waals surface area contributed by atoms with Gasteiger partial charge in [-0.25, -0.2) is 8.42 Å². The maximum absolute atomic E-state index is 12.7. The quantitative estimate of drug-likeness (QED) is 0.905. The van der Waals surface area contributed by atoms with Crippen molar-refractivity contribution in [1.82, 2.24) is 4.31 Å². The molecule has 1 heterocycles. The van der Waals surface area contributed by atoms with E-state index < -0.39 is 10.0 Å². The fourth-order valence-corrected chi connectivity index (χ4v) is 4.18. The van der Waals surface area contributed by atoms with Crippen LogP contribution in [0.1, 0.15) is 27.2 Å². The smallest absolute Gasteiger partial charge is 0.243 e. The average Bonchev–Trinajstić information content (AvgIpc) is 2.42. The molecule has 1 aromatic carbocycles. The number of rotatable bonds is 4. The molecule has 5 nitrogen and oxygen atoms in total. The number of nitrogens with two attached hydrogens (primary N) is 1. The van der Waals surface area contributed by atoms with Crippen molar-refractivity contribution in [3.8, 4) is 5.75 Å². The van der Waals surface area contributed by atoms with Crippen molar-refractivity contribution in [3.63, 3.8) is 0 Å². The molecule has 1 aliphatic rings. The molecule has 2 N–H and O–H groups in total. The summed E-state index contributed by atoms with van der Waals surface area (Å²) < 4.78 is 32.3. The molecular formula is C15H25ClN2O3S. The van der Waals surface area contributed by atoms with Gasteiger partial charge in [-0.1, -0.05) is 13.8 Å². The summed E-state index contributed by atoms with van der Waals surface area (Å²) in [7, 11) is -3.47. The van der Waals surface area contributed by atoms with Gasteiger partial charge in [-0.05, 0) is 43.0 Å². The van der Waals surface area contributed by atoms with E-state index in [1.807, 2.05) is 20.8 Å². The molecule has 0 amide bonds. The van der Waals surface area contributed by atoms with Crippen LogP contribution in [0.2, 0.25) is 0 Å². The molecule has 0 aliphatic carbocycles. The lowest BCUT2D eigenvalue weighted by Gasteiger charge is -2.41. The van der Waals surface area contributed by atoms with Gasteiger partial charge in [0.05, 0.1) is 11.5 Å². The number of hydrogen-bond donors (Lipinski definition) is 1. The molecule has 2 rings (SSSR count). The van der Waals surface area contributed by atoms with Crippen LogP contribution >= 0.6 is 12.4 Å². The zero-order valence-corrected chi connectivity index (χ0v) is 14.9. The van der Waals surface area contributed by atoms with Gasteiger partial charge in [-0.15, -0.1) is 12.4 Å². The van der Waals surface area contributed by atoms with E-state index in [4.69, 9.17) is 10.5 Å². The van der Waals surface area contributed by atoms with E-state index in [9.17, 15) is 8.42 Å². The number of ether oxygens (including phenoxy) is 1. The van der Waals surface area contributed by atoms with E-state index in [1.54, 1.807) is 24.3 Å². The Morgan fingerprint density at radius 3 is 2.41 bits per heavy atom. The highest BCUT2D eigenvalue weighted by Crippen LogP contribution is 2.31. The van der Waals surface area contributed by atoms with Crippen molar-refractivity contribution >= 4 is 22.4 Å². The fraction of sp³-hybridized carbons (Fsp3) is 0.600. The van der Waals surface area contributed by atoms with Gasteiger partial charge in [-0.3, -0.25) is 0 Å². The van der Waals surface area contributed by atoms with Crippen LogP contribution in [0.25, 0.3) is 0 Å². The zero-order valence-electron chi connectivity index (χ0n) is 13.3. The van der Waals surface area contributed by atoms with Crippen molar-refractivity contribution < 1.29 is 13.2 Å². The van der Waals surface area contributed by atoms with Crippen molar-refractivity contribution in [1.29, 1.82) is 0 Å². The van der Waals surface area contributed by atoms with Gasteiger partial charge in [0, 0.05) is 19.1 Å². The first kappa shape index (κ1) is 19.2. The molecular weight excluding hydrogens is 324 g/mol. The summed E-state index contributed by atoms with van der Waals surface area (Å²) >= 11 is 0. The molecule has 0 aromatic heterocycles. The third-order valence-electron chi connectivity index (χ3n) is 4.05. The Labute approximate surface area is 139 Å². The van der Waals surface area contributed by atoms with Crippen LogP contribution < -0.4 is 10.5 Å². The Morgan fingerprint density at radius 1 is 1.32 bits per heavy atom. The fourth-order valence-electron chi connectivity index (χ4n) is 2.55. The average molecular weight is 349 g/mol. The largest absolute Gasteiger partial charge is 0.494 e. The summed E-state index contributed by atoms with van der Waals surface area (Å²) in [5.74, 6) is 0.678. The van der Waals surface area contributed by atoms with Gasteiger partial charge in [-0.2, -0.15) is 4.31 Å². The maximum Gasteiger partial charge on any atom is 0.243 e. The van der Waals surface area contributed by atoms with Crippen molar-refractivity contribution in [2.45, 2.75) is 38.1 Å². The van der Waals surface area contributed by atoms with E-state index in [2.05, 4.69) is 0 Å². The Morgan fingerprint density at radius 2 is 1.91 bits per heavy atom. The Balaban J connectivity index is 0.00000242. The van der Waals surface area contributed by atoms with Crippen LogP contribution in [0, 0.1) is 5.41 Å². The lowest BCUT2D eigenvalue weighted by atomic mass is 9.81. The van der Waals surface area contributed by atoms with Gasteiger partial charge in [0.2, 0.25) is 10.0 Å². The first-order valence-electron chi connectivity index (χ1n) is 7.26. The van der Waals surface area contributed by atoms with Crippen LogP contribution in [0.4, 0.5) is 0 Å². The summed E-state index contributed by atoms with van der Waals surface area (Å²) in [5, 5.41) is 0. The molecule has 0 radical (unpaired) electrons. The van der Waals surface area contributed by atoms with E-state index in [-0.39, 0.29) is 23.9 Å². The standard InChI is InChI=1S/C15H24N2O3S.ClH/c1-4-20-12-5-7-13(8-6-12)21(18,19)17-10-9-14(16)15(2,3)11-17;/h5-8,14H,4,9-11,16H2,1-3H3;1H. The Hall–Kier alpha value is -0.820. The molecule has 7 heteroatoms. The second-order valence-corrected chi connectivity index (χ2v) is 8.06. The number of piperidine rings is 1. The Kier molecular flexibility index (Phi) is 6.27. The number of halogens is 1. The third-order valence-corrected chi connectivity index (χ3v) is 5.91. The predicted octanol–water partition coefficient (Wildman–Crippen LogP) is 2.26. The molecule has 0 spiro atoms. The van der Waals surface area contributed by atoms with Crippen LogP contribution in [-0.4, -0.2) is 38.5 Å². The van der Waals surface area contributed by atoms with Crippen LogP contribution in [0.3, 0.4) is 0 Å². The molecule has 126 valence electrons. The minimum absolute atomic E-state index is 0. The van der Waals surface area contributed by atoms with Gasteiger partial charge >= 0.3 is 0 Å². The monoisotopic (exact) mass is 348 g/mol. The lowest BCUT2D eigenvalue weighted by molar-refractivity contribution is 0.155. The first-order chi connectivity index (χ1) is 9.77. The molecule has 0 bridgehead atoms. The number of benzene rings is 1. The predicted molar refractivity (Wildman–Crippen MR) is 90.0 cm³/mol. The summed E-state index contributed by atoms with van der Waals surface area (Å²) in [4.78, 5) is 0.303. The van der Waals surface area contributed by atoms with Gasteiger partial charge in [0.25, 0.3) is 0 Å². The first-order valence-corrected chi connectivity index (χ1v) is 8.70. The normalized spacial score (nSPS) is 21.9. The minimum atomic E-state index is -3.47. The van der Waals surface area contributed by atoms with Crippen molar-refractivity contribution in [2.24, 2.45) is 11.1 Å². The third kappa shape index (κ3) is 3.93. The summed E-state index contributed by atoms with van der Waals surface area (Å²) in [6.07, 6.45) is 0.684. The number of hydrogen-bond acceptors (Lipinski definition) is 4. The molecule has 1 unspecified atom stereocenters. The van der Waals surface area contributed by atoms with E-state index in [1.165, 1.54) is 4.31 Å². The summed E-state index contributed by atoms with van der Waals surface area (Å²) in [5.41, 5.74) is 5.86. The summed E-state index contributed by atoms with van der Waals surface area (Å²) in [6, 6.07) is 6.61. The lowest BCUT2D eigenvalue weighted by Crippen LogP contribution is -2.53. The highest BCUT2D eigenvalue weighted by Gasteiger charge is 2.38. The van der Waals surface area contributed by atoms with E-state index in [0.29, 0.717) is 36.8 Å². The minimum Gasteiger partial charge on any atom is -0.494 e. The topological polar surface area (TPSA) is 72.6 Å². The molecule has 0 saturated carbocycles. The van der Waals surface area contributed by atoms with Crippen molar-refractivity contribution in [3.05, 3.63) is 24.3 Å². The van der Waals surface area contributed by atoms with Gasteiger partial charge in [0.15, 0.2) is 0 Å². The molecule has 1 atom stereocenters. The second kappa shape index (κ2) is 7.17. The molecule has 1 fully saturated rings. The zero-order chi connectivity index (χ0) is 15.7. The molecule has 1 aromatic rings. The van der Waals surface area contributed by atoms with Gasteiger partial charge in [0.1, 0.15) is 5.75 Å². The SMILES string of the molecule is CCOc1ccc(S(=O)(=O)N2CCC(N)C(C)(C)C2)cc1.Cl. The number of nitrogens with zero attached hydrogens (tertiary/aromatic N) is 1. The summed E-state index contributed by atoms with van der Waals surface area (Å²) in [6.45, 7) is 7.40. The van der Waals surface area contributed by atoms with Crippen LogP contribution in [0.15, 0.2) is 29.2 Å². The molecule has 1 saturated heterocycles. The second-order valence-electron chi connectivity index (χ2n) is 6.13. The van der Waals surface area contributed by atoms with Gasteiger partial charge < -0.3 is 10.5 Å². The van der Waals surface area contributed by atoms with E-state index in [0.717, 1.165) is 0 Å². The molecule has 22 heavy (non-hydrogen) atoms. The Bertz CT molecular complexity index is 587. The van der Waals surface area contributed by atoms with Crippen molar-refractivity contribution in [2.75, 3.05) is 19.7 Å².